The monoisotopic (exact) mass is 233 g/mol. The Labute approximate surface area is 99.4 Å². The highest BCUT2D eigenvalue weighted by Crippen LogP contribution is 2.16. The van der Waals surface area contributed by atoms with Crippen LogP contribution in [0.5, 0.6) is 0 Å². The number of anilines is 1. The first-order valence-corrected chi connectivity index (χ1v) is 5.40. The van der Waals surface area contributed by atoms with Gasteiger partial charge in [-0.1, -0.05) is 0 Å². The van der Waals surface area contributed by atoms with E-state index >= 15 is 0 Å². The summed E-state index contributed by atoms with van der Waals surface area (Å²) in [5, 5.41) is 4.27. The van der Waals surface area contributed by atoms with Crippen LogP contribution >= 0.6 is 0 Å². The maximum atomic E-state index is 5.73. The van der Waals surface area contributed by atoms with Gasteiger partial charge in [0.2, 0.25) is 0 Å². The maximum absolute atomic E-state index is 5.73. The zero-order valence-corrected chi connectivity index (χ0v) is 9.92. The van der Waals surface area contributed by atoms with Crippen LogP contribution in [0, 0.1) is 0 Å². The molecule has 0 spiro atoms. The summed E-state index contributed by atoms with van der Waals surface area (Å²) in [5.41, 5.74) is 7.23. The van der Waals surface area contributed by atoms with Gasteiger partial charge in [0.15, 0.2) is 5.82 Å². The summed E-state index contributed by atoms with van der Waals surface area (Å²) in [7, 11) is 1.86. The molecular formula is C11H15N5O. The summed E-state index contributed by atoms with van der Waals surface area (Å²) in [6, 6.07) is 3.59. The van der Waals surface area contributed by atoms with Crippen molar-refractivity contribution in [2.75, 3.05) is 12.3 Å². The third-order valence-corrected chi connectivity index (χ3v) is 2.20. The number of aryl methyl sites for hydroxylation is 1. The second kappa shape index (κ2) is 4.92. The molecule has 0 unspecified atom stereocenters. The van der Waals surface area contributed by atoms with Crippen LogP contribution in [-0.2, 0) is 18.4 Å². The van der Waals surface area contributed by atoms with Crippen LogP contribution in [0.25, 0.3) is 11.4 Å². The van der Waals surface area contributed by atoms with Gasteiger partial charge in [-0.2, -0.15) is 5.10 Å². The summed E-state index contributed by atoms with van der Waals surface area (Å²) in [6.07, 6.45) is 1.86. The minimum atomic E-state index is 0.362. The fourth-order valence-electron chi connectivity index (χ4n) is 1.46. The van der Waals surface area contributed by atoms with Crippen molar-refractivity contribution in [3.8, 4) is 11.4 Å². The van der Waals surface area contributed by atoms with Gasteiger partial charge in [-0.15, -0.1) is 0 Å². The van der Waals surface area contributed by atoms with Crippen LogP contribution in [0.3, 0.4) is 0 Å². The van der Waals surface area contributed by atoms with Crippen LogP contribution in [0.2, 0.25) is 0 Å². The Bertz CT molecular complexity index is 508. The lowest BCUT2D eigenvalue weighted by atomic mass is 10.3. The van der Waals surface area contributed by atoms with Crippen LogP contribution in [0.4, 0.5) is 5.82 Å². The summed E-state index contributed by atoms with van der Waals surface area (Å²) in [4.78, 5) is 8.47. The van der Waals surface area contributed by atoms with Crippen molar-refractivity contribution in [1.82, 2.24) is 19.7 Å². The summed E-state index contributed by atoms with van der Waals surface area (Å²) >= 11 is 0. The molecule has 0 aliphatic heterocycles. The number of nitrogens with zero attached hydrogens (tertiary/aromatic N) is 4. The fourth-order valence-corrected chi connectivity index (χ4v) is 1.46. The SMILES string of the molecule is CCOCc1nc(N)cc(-c2ccn(C)n2)n1. The molecule has 17 heavy (non-hydrogen) atoms. The van der Waals surface area contributed by atoms with E-state index in [1.807, 2.05) is 26.2 Å². The highest BCUT2D eigenvalue weighted by molar-refractivity contribution is 5.57. The number of aromatic nitrogens is 4. The van der Waals surface area contributed by atoms with Gasteiger partial charge in [0.1, 0.15) is 18.1 Å². The van der Waals surface area contributed by atoms with E-state index in [0.717, 1.165) is 5.69 Å². The molecular weight excluding hydrogens is 218 g/mol. The zero-order chi connectivity index (χ0) is 12.3. The predicted molar refractivity (Wildman–Crippen MR) is 64.0 cm³/mol. The molecule has 0 aliphatic carbocycles. The smallest absolute Gasteiger partial charge is 0.157 e. The van der Waals surface area contributed by atoms with Gasteiger partial charge in [-0.25, -0.2) is 9.97 Å². The van der Waals surface area contributed by atoms with E-state index in [-0.39, 0.29) is 0 Å². The molecule has 2 N–H and O–H groups in total. The highest BCUT2D eigenvalue weighted by Gasteiger charge is 2.07. The number of ether oxygens (including phenoxy) is 1. The lowest BCUT2D eigenvalue weighted by molar-refractivity contribution is 0.128. The predicted octanol–water partition coefficient (Wildman–Crippen LogP) is 0.996. The van der Waals surface area contributed by atoms with Gasteiger partial charge in [-0.3, -0.25) is 4.68 Å². The lowest BCUT2D eigenvalue weighted by Gasteiger charge is -2.04. The Morgan fingerprint density at radius 2 is 2.18 bits per heavy atom. The van der Waals surface area contributed by atoms with Gasteiger partial charge in [0.05, 0.1) is 5.69 Å². The summed E-state index contributed by atoms with van der Waals surface area (Å²) in [5.74, 6) is 1.00. The maximum Gasteiger partial charge on any atom is 0.157 e. The van der Waals surface area contributed by atoms with E-state index in [1.54, 1.807) is 10.7 Å². The minimum absolute atomic E-state index is 0.362. The number of nitrogens with two attached hydrogens (primary N) is 1. The number of hydrogen-bond acceptors (Lipinski definition) is 5. The van der Waals surface area contributed by atoms with Crippen molar-refractivity contribution in [3.05, 3.63) is 24.2 Å². The van der Waals surface area contributed by atoms with Crippen LogP contribution < -0.4 is 5.73 Å². The second-order valence-corrected chi connectivity index (χ2v) is 3.61. The molecule has 0 bridgehead atoms. The standard InChI is InChI=1S/C11H15N5O/c1-3-17-7-11-13-9(6-10(12)14-11)8-4-5-16(2)15-8/h4-6H,3,7H2,1-2H3,(H2,12,13,14). The quantitative estimate of drug-likeness (QED) is 0.852. The van der Waals surface area contributed by atoms with Gasteiger partial charge in [0, 0.05) is 25.9 Å². The first-order chi connectivity index (χ1) is 8.19. The van der Waals surface area contributed by atoms with Crippen LogP contribution in [-0.4, -0.2) is 26.4 Å². The molecule has 0 amide bonds. The van der Waals surface area contributed by atoms with E-state index in [0.29, 0.717) is 30.5 Å². The molecule has 2 heterocycles. The molecule has 2 aromatic rings. The van der Waals surface area contributed by atoms with E-state index < -0.39 is 0 Å². The largest absolute Gasteiger partial charge is 0.384 e. The Kier molecular flexibility index (Phi) is 3.34. The van der Waals surface area contributed by atoms with Crippen molar-refractivity contribution in [2.45, 2.75) is 13.5 Å². The van der Waals surface area contributed by atoms with Crippen LogP contribution in [0.15, 0.2) is 18.3 Å². The third kappa shape index (κ3) is 2.79. The van der Waals surface area contributed by atoms with Gasteiger partial charge < -0.3 is 10.5 Å². The van der Waals surface area contributed by atoms with Crippen molar-refractivity contribution in [3.63, 3.8) is 0 Å². The molecule has 0 aromatic carbocycles. The molecule has 2 aromatic heterocycles. The van der Waals surface area contributed by atoms with Gasteiger partial charge in [0.25, 0.3) is 0 Å². The first kappa shape index (κ1) is 11.5. The van der Waals surface area contributed by atoms with Crippen molar-refractivity contribution < 1.29 is 4.74 Å². The normalized spacial score (nSPS) is 10.7. The second-order valence-electron chi connectivity index (χ2n) is 3.61. The molecule has 0 fully saturated rings. The summed E-state index contributed by atoms with van der Waals surface area (Å²) < 4.78 is 6.98. The average Bonchev–Trinajstić information content (AvgIpc) is 2.72. The molecule has 0 atom stereocenters. The molecule has 6 heteroatoms. The number of rotatable bonds is 4. The van der Waals surface area contributed by atoms with Gasteiger partial charge >= 0.3 is 0 Å². The van der Waals surface area contributed by atoms with Crippen molar-refractivity contribution in [2.24, 2.45) is 7.05 Å². The van der Waals surface area contributed by atoms with E-state index in [2.05, 4.69) is 15.1 Å². The van der Waals surface area contributed by atoms with Gasteiger partial charge in [-0.05, 0) is 13.0 Å². The van der Waals surface area contributed by atoms with E-state index in [1.165, 1.54) is 0 Å². The zero-order valence-electron chi connectivity index (χ0n) is 9.92. The van der Waals surface area contributed by atoms with E-state index in [4.69, 9.17) is 10.5 Å². The number of hydrogen-bond donors (Lipinski definition) is 1. The third-order valence-electron chi connectivity index (χ3n) is 2.20. The minimum Gasteiger partial charge on any atom is -0.384 e. The van der Waals surface area contributed by atoms with Crippen molar-refractivity contribution in [1.29, 1.82) is 0 Å². The van der Waals surface area contributed by atoms with E-state index in [9.17, 15) is 0 Å². The van der Waals surface area contributed by atoms with Crippen LogP contribution in [0.1, 0.15) is 12.7 Å². The Balaban J connectivity index is 2.31. The molecule has 0 saturated carbocycles. The Morgan fingerprint density at radius 1 is 1.35 bits per heavy atom. The highest BCUT2D eigenvalue weighted by atomic mass is 16.5. The lowest BCUT2D eigenvalue weighted by Crippen LogP contribution is -2.04. The Hall–Kier alpha value is -1.95. The summed E-state index contributed by atoms with van der Waals surface area (Å²) in [6.45, 7) is 2.91. The molecule has 0 radical (unpaired) electrons. The average molecular weight is 233 g/mol. The fraction of sp³-hybridized carbons (Fsp3) is 0.364. The molecule has 90 valence electrons. The number of nitrogen functional groups attached to an aromatic ring is 1. The molecule has 0 aliphatic rings. The van der Waals surface area contributed by atoms with Crippen molar-refractivity contribution >= 4 is 5.82 Å². The molecule has 2 rings (SSSR count). The topological polar surface area (TPSA) is 78.9 Å². The molecule has 0 saturated heterocycles. The molecule has 6 nitrogen and oxygen atoms in total. The Morgan fingerprint density at radius 3 is 2.82 bits per heavy atom. The first-order valence-electron chi connectivity index (χ1n) is 5.40.